The molecular weight excluding hydrogens is 635 g/mol. The first kappa shape index (κ1) is 31.1. The van der Waals surface area contributed by atoms with Gasteiger partial charge in [0.2, 0.25) is 5.91 Å². The van der Waals surface area contributed by atoms with Crippen molar-refractivity contribution in [2.45, 2.75) is 37.9 Å². The van der Waals surface area contributed by atoms with Crippen LogP contribution in [0.25, 0.3) is 5.69 Å². The van der Waals surface area contributed by atoms with Gasteiger partial charge in [-0.3, -0.25) is 24.3 Å². The zero-order chi connectivity index (χ0) is 31.4. The fourth-order valence-corrected chi connectivity index (χ4v) is 6.97. The molecule has 5 rings (SSSR count). The topological polar surface area (TPSA) is 158 Å². The van der Waals surface area contributed by atoms with Crippen LogP contribution in [0.1, 0.15) is 50.3 Å². The zero-order valence-electron chi connectivity index (χ0n) is 23.1. The third-order valence-electron chi connectivity index (χ3n) is 6.60. The lowest BCUT2D eigenvalue weighted by Crippen LogP contribution is -2.26. The highest BCUT2D eigenvalue weighted by atomic mass is 35.5. The minimum atomic E-state index is -0.795. The Labute approximate surface area is 263 Å². The number of nitrogens with zero attached hydrogens (tertiary/aromatic N) is 4. The number of carbonyl (C=O) groups is 3. The molecule has 2 heterocycles. The molecule has 0 saturated carbocycles. The van der Waals surface area contributed by atoms with Crippen LogP contribution in [0.3, 0.4) is 0 Å². The molecule has 44 heavy (non-hydrogen) atoms. The number of aryl methyl sites for hydroxylation is 1. The molecule has 228 valence electrons. The summed E-state index contributed by atoms with van der Waals surface area (Å²) in [6.45, 7) is 1.72. The number of fused-ring (bicyclic) bond motifs is 1. The second-order valence-corrected chi connectivity index (χ2v) is 11.9. The molecule has 2 N–H and O–H groups in total. The first-order valence-electron chi connectivity index (χ1n) is 13.3. The third-order valence-corrected chi connectivity index (χ3v) is 9.05. The SMILES string of the molecule is CCOC(=O)c1c(NC(=O)CSc2nnc(CNC(=O)c3c(F)cccc3Cl)n2-c2ccc([N+](=O)[O-])cc2)sc2c1CCC2. The number of non-ortho nitro benzene ring substituents is 1. The van der Waals surface area contributed by atoms with Crippen molar-refractivity contribution < 1.29 is 28.4 Å². The highest BCUT2D eigenvalue weighted by Gasteiger charge is 2.28. The van der Waals surface area contributed by atoms with Gasteiger partial charge in [0.1, 0.15) is 10.8 Å². The number of hydrogen-bond donors (Lipinski definition) is 2. The van der Waals surface area contributed by atoms with Crippen molar-refractivity contribution in [3.8, 4) is 5.69 Å². The number of halogens is 2. The molecule has 2 aromatic heterocycles. The Hall–Kier alpha value is -4.34. The number of ether oxygens (including phenoxy) is 1. The van der Waals surface area contributed by atoms with Gasteiger partial charge in [0.25, 0.3) is 11.6 Å². The molecule has 0 aliphatic heterocycles. The van der Waals surface area contributed by atoms with E-state index in [0.29, 0.717) is 16.3 Å². The summed E-state index contributed by atoms with van der Waals surface area (Å²) >= 11 is 8.41. The van der Waals surface area contributed by atoms with E-state index in [4.69, 9.17) is 16.3 Å². The maximum absolute atomic E-state index is 14.3. The number of thiophene rings is 1. The molecule has 1 aliphatic carbocycles. The summed E-state index contributed by atoms with van der Waals surface area (Å²) < 4.78 is 21.0. The summed E-state index contributed by atoms with van der Waals surface area (Å²) in [5.74, 6) is -2.36. The van der Waals surface area contributed by atoms with E-state index >= 15 is 0 Å². The summed E-state index contributed by atoms with van der Waals surface area (Å²) in [4.78, 5) is 50.1. The Kier molecular flexibility index (Phi) is 9.56. The number of aromatic nitrogens is 3. The van der Waals surface area contributed by atoms with Gasteiger partial charge < -0.3 is 15.4 Å². The van der Waals surface area contributed by atoms with Crippen molar-refractivity contribution in [3.05, 3.63) is 90.8 Å². The lowest BCUT2D eigenvalue weighted by Gasteiger charge is -2.12. The van der Waals surface area contributed by atoms with Crippen molar-refractivity contribution in [2.24, 2.45) is 0 Å². The number of carbonyl (C=O) groups excluding carboxylic acids is 3. The van der Waals surface area contributed by atoms with E-state index in [0.717, 1.165) is 47.5 Å². The highest BCUT2D eigenvalue weighted by molar-refractivity contribution is 7.99. The smallest absolute Gasteiger partial charge is 0.341 e. The number of anilines is 1. The van der Waals surface area contributed by atoms with Crippen LogP contribution in [-0.4, -0.2) is 49.8 Å². The first-order chi connectivity index (χ1) is 21.2. The number of nitro groups is 1. The Morgan fingerprint density at radius 1 is 1.16 bits per heavy atom. The summed E-state index contributed by atoms with van der Waals surface area (Å²) in [6, 6.07) is 9.42. The van der Waals surface area contributed by atoms with Crippen LogP contribution in [0, 0.1) is 15.9 Å². The van der Waals surface area contributed by atoms with E-state index in [-0.39, 0.29) is 46.2 Å². The molecular formula is C28H24ClFN6O6S2. The molecule has 0 fully saturated rings. The fraction of sp³-hybridized carbons (Fsp3) is 0.250. The Balaban J connectivity index is 1.36. The predicted molar refractivity (Wildman–Crippen MR) is 162 cm³/mol. The molecule has 2 aromatic carbocycles. The van der Waals surface area contributed by atoms with Crippen LogP contribution in [0.2, 0.25) is 5.02 Å². The summed E-state index contributed by atoms with van der Waals surface area (Å²) in [6.07, 6.45) is 2.51. The molecule has 0 unspecified atom stereocenters. The minimum Gasteiger partial charge on any atom is -0.462 e. The lowest BCUT2D eigenvalue weighted by atomic mass is 10.1. The number of benzene rings is 2. The minimum absolute atomic E-state index is 0.0660. The monoisotopic (exact) mass is 658 g/mol. The number of hydrogen-bond acceptors (Lipinski definition) is 10. The molecule has 0 radical (unpaired) electrons. The van der Waals surface area contributed by atoms with Crippen LogP contribution in [0.5, 0.6) is 0 Å². The first-order valence-corrected chi connectivity index (χ1v) is 15.5. The van der Waals surface area contributed by atoms with Gasteiger partial charge in [-0.25, -0.2) is 9.18 Å². The summed E-state index contributed by atoms with van der Waals surface area (Å²) in [7, 11) is 0. The van der Waals surface area contributed by atoms with E-state index in [1.54, 1.807) is 6.92 Å². The van der Waals surface area contributed by atoms with Crippen LogP contribution in [0.4, 0.5) is 15.1 Å². The van der Waals surface area contributed by atoms with Gasteiger partial charge in [0.05, 0.1) is 40.0 Å². The number of thioether (sulfide) groups is 1. The fourth-order valence-electron chi connectivity index (χ4n) is 4.66. The Morgan fingerprint density at radius 2 is 1.93 bits per heavy atom. The molecule has 16 heteroatoms. The molecule has 0 atom stereocenters. The Bertz CT molecular complexity index is 1740. The molecule has 0 saturated heterocycles. The quantitative estimate of drug-likeness (QED) is 0.0937. The van der Waals surface area contributed by atoms with Gasteiger partial charge >= 0.3 is 5.97 Å². The maximum atomic E-state index is 14.3. The van der Waals surface area contributed by atoms with E-state index in [1.807, 2.05) is 0 Å². The number of amides is 2. The summed E-state index contributed by atoms with van der Waals surface area (Å²) in [5, 5.41) is 25.5. The van der Waals surface area contributed by atoms with Crippen LogP contribution in [0.15, 0.2) is 47.6 Å². The highest BCUT2D eigenvalue weighted by Crippen LogP contribution is 2.39. The summed E-state index contributed by atoms with van der Waals surface area (Å²) in [5.41, 5.74) is 1.27. The largest absolute Gasteiger partial charge is 0.462 e. The molecule has 12 nitrogen and oxygen atoms in total. The molecule has 4 aromatic rings. The van der Waals surface area contributed by atoms with Crippen molar-refractivity contribution >= 4 is 63.2 Å². The second-order valence-electron chi connectivity index (χ2n) is 9.41. The predicted octanol–water partition coefficient (Wildman–Crippen LogP) is 5.36. The number of nitrogens with one attached hydrogen (secondary N) is 2. The lowest BCUT2D eigenvalue weighted by molar-refractivity contribution is -0.384. The molecule has 0 bridgehead atoms. The van der Waals surface area contributed by atoms with Gasteiger partial charge in [-0.2, -0.15) is 0 Å². The third kappa shape index (κ3) is 6.59. The average molecular weight is 659 g/mol. The average Bonchev–Trinajstić information content (AvgIpc) is 3.69. The van der Waals surface area contributed by atoms with E-state index in [2.05, 4.69) is 20.8 Å². The standard InChI is InChI=1S/C28H24ClFN6O6S2/c1-2-42-27(39)23-17-5-3-8-20(17)44-26(23)32-22(37)14-43-28-34-33-21(35(28)15-9-11-16(12-10-15)36(40)41)13-31-25(38)24-18(29)6-4-7-19(24)30/h4,6-7,9-12H,2-3,5,8,13-14H2,1H3,(H,31,38)(H,32,37). The van der Waals surface area contributed by atoms with Gasteiger partial charge in [0, 0.05) is 22.7 Å². The van der Waals surface area contributed by atoms with E-state index in [9.17, 15) is 28.9 Å². The van der Waals surface area contributed by atoms with Gasteiger partial charge in [-0.15, -0.1) is 21.5 Å². The van der Waals surface area contributed by atoms with Crippen LogP contribution >= 0.6 is 34.7 Å². The van der Waals surface area contributed by atoms with Crippen molar-refractivity contribution in [3.63, 3.8) is 0 Å². The Morgan fingerprint density at radius 3 is 2.64 bits per heavy atom. The number of nitro benzene ring substituents is 1. The van der Waals surface area contributed by atoms with Crippen molar-refractivity contribution in [2.75, 3.05) is 17.7 Å². The number of rotatable bonds is 11. The number of esters is 1. The van der Waals surface area contributed by atoms with Gasteiger partial charge in [-0.1, -0.05) is 29.4 Å². The zero-order valence-corrected chi connectivity index (χ0v) is 25.5. The van der Waals surface area contributed by atoms with Crippen LogP contribution < -0.4 is 10.6 Å². The van der Waals surface area contributed by atoms with E-state index < -0.39 is 28.5 Å². The second kappa shape index (κ2) is 13.5. The van der Waals surface area contributed by atoms with Crippen LogP contribution in [-0.2, 0) is 28.9 Å². The molecule has 1 aliphatic rings. The van der Waals surface area contributed by atoms with E-state index in [1.165, 1.54) is 52.3 Å². The van der Waals surface area contributed by atoms with Gasteiger partial charge in [0.15, 0.2) is 11.0 Å². The maximum Gasteiger partial charge on any atom is 0.341 e. The van der Waals surface area contributed by atoms with Crippen molar-refractivity contribution in [1.82, 2.24) is 20.1 Å². The van der Waals surface area contributed by atoms with Crippen molar-refractivity contribution in [1.29, 1.82) is 0 Å². The molecule has 2 amide bonds. The van der Waals surface area contributed by atoms with Gasteiger partial charge in [-0.05, 0) is 56.0 Å². The normalized spacial score (nSPS) is 12.1. The molecule has 0 spiro atoms.